The van der Waals surface area contributed by atoms with Crippen LogP contribution in [0.3, 0.4) is 0 Å². The number of β-amino-alcohol motifs (C(OH)–C–C–N with tert-alkyl or cyclic N) is 1. The van der Waals surface area contributed by atoms with Gasteiger partial charge in [0, 0.05) is 18.5 Å². The normalized spacial score (nSPS) is 15.5. The van der Waals surface area contributed by atoms with Crippen LogP contribution in [0.25, 0.3) is 0 Å². The number of aryl methyl sites for hydroxylation is 1. The summed E-state index contributed by atoms with van der Waals surface area (Å²) in [6.45, 7) is 8.38. The number of carbonyl (C=O) groups is 1. The SMILES string of the molecule is CCOC(=O)CCc1cc(F)c(F)cc1[C@@H](C)OC[C@H](O)CNC(C)(C)CC1Cc2ccccc2C1. The molecule has 0 bridgehead atoms. The van der Waals surface area contributed by atoms with Crippen molar-refractivity contribution in [1.82, 2.24) is 5.32 Å². The molecule has 0 amide bonds. The predicted molar refractivity (Wildman–Crippen MR) is 136 cm³/mol. The number of carbonyl (C=O) groups excluding carboxylic acids is 1. The second-order valence-corrected chi connectivity index (χ2v) is 10.4. The standard InChI is InChI=1S/C29H39F2NO4/c1-5-35-28(34)11-10-23-14-26(30)27(31)15-25(23)19(2)36-18-24(33)17-32-29(3,4)16-20-12-21-8-6-7-9-22(21)13-20/h6-9,14-15,19-20,24,32-33H,5,10-13,16-18H2,1-4H3/t19-,24-/m1/s1. The molecule has 3 rings (SSSR count). The molecule has 0 saturated carbocycles. The predicted octanol–water partition coefficient (Wildman–Crippen LogP) is 5.07. The van der Waals surface area contributed by atoms with Gasteiger partial charge in [-0.2, -0.15) is 0 Å². The molecule has 2 atom stereocenters. The summed E-state index contributed by atoms with van der Waals surface area (Å²) >= 11 is 0. The van der Waals surface area contributed by atoms with Crippen LogP contribution in [-0.4, -0.2) is 42.5 Å². The average Bonchev–Trinajstić information content (AvgIpc) is 3.23. The summed E-state index contributed by atoms with van der Waals surface area (Å²) in [5, 5.41) is 14.0. The van der Waals surface area contributed by atoms with Crippen LogP contribution in [0.5, 0.6) is 0 Å². The lowest BCUT2D eigenvalue weighted by Gasteiger charge is -2.31. The van der Waals surface area contributed by atoms with Crippen molar-refractivity contribution in [2.24, 2.45) is 5.92 Å². The van der Waals surface area contributed by atoms with Gasteiger partial charge in [-0.15, -0.1) is 0 Å². The average molecular weight is 504 g/mol. The smallest absolute Gasteiger partial charge is 0.306 e. The van der Waals surface area contributed by atoms with Crippen LogP contribution in [0.4, 0.5) is 8.78 Å². The highest BCUT2D eigenvalue weighted by Gasteiger charge is 2.28. The molecule has 0 fully saturated rings. The minimum Gasteiger partial charge on any atom is -0.466 e. The van der Waals surface area contributed by atoms with E-state index in [1.165, 1.54) is 11.1 Å². The van der Waals surface area contributed by atoms with E-state index in [9.17, 15) is 18.7 Å². The minimum absolute atomic E-state index is 0.0371. The van der Waals surface area contributed by atoms with Gasteiger partial charge in [0.1, 0.15) is 0 Å². The van der Waals surface area contributed by atoms with E-state index in [1.54, 1.807) is 13.8 Å². The minimum atomic E-state index is -0.974. The molecule has 2 N–H and O–H groups in total. The van der Waals surface area contributed by atoms with E-state index in [0.717, 1.165) is 31.4 Å². The number of rotatable bonds is 13. The van der Waals surface area contributed by atoms with E-state index in [4.69, 9.17) is 9.47 Å². The zero-order valence-corrected chi connectivity index (χ0v) is 21.8. The maximum atomic E-state index is 14.0. The zero-order valence-electron chi connectivity index (χ0n) is 21.8. The number of aliphatic hydroxyl groups excluding tert-OH is 1. The fourth-order valence-electron chi connectivity index (χ4n) is 5.05. The van der Waals surface area contributed by atoms with Crippen molar-refractivity contribution in [3.05, 3.63) is 70.3 Å². The van der Waals surface area contributed by atoms with Gasteiger partial charge in [-0.3, -0.25) is 4.79 Å². The molecular formula is C29H39F2NO4. The van der Waals surface area contributed by atoms with E-state index in [-0.39, 0.29) is 31.6 Å². The number of nitrogens with one attached hydrogen (secondary N) is 1. The van der Waals surface area contributed by atoms with Crippen LogP contribution >= 0.6 is 0 Å². The Hall–Kier alpha value is -2.35. The molecule has 0 aromatic heterocycles. The van der Waals surface area contributed by atoms with Crippen LogP contribution in [0, 0.1) is 17.6 Å². The van der Waals surface area contributed by atoms with Crippen LogP contribution in [0.1, 0.15) is 68.9 Å². The Morgan fingerprint density at radius 2 is 1.81 bits per heavy atom. The lowest BCUT2D eigenvalue weighted by atomic mass is 9.88. The summed E-state index contributed by atoms with van der Waals surface area (Å²) in [7, 11) is 0. The van der Waals surface area contributed by atoms with E-state index in [0.29, 0.717) is 23.6 Å². The molecule has 0 radical (unpaired) electrons. The van der Waals surface area contributed by atoms with Gasteiger partial charge in [-0.25, -0.2) is 8.78 Å². The number of hydrogen-bond acceptors (Lipinski definition) is 5. The molecule has 2 aromatic rings. The molecular weight excluding hydrogens is 464 g/mol. The number of fused-ring (bicyclic) bond motifs is 1. The van der Waals surface area contributed by atoms with Gasteiger partial charge in [0.15, 0.2) is 11.6 Å². The molecule has 0 unspecified atom stereocenters. The van der Waals surface area contributed by atoms with E-state index < -0.39 is 29.8 Å². The second kappa shape index (κ2) is 12.7. The molecule has 0 spiro atoms. The van der Waals surface area contributed by atoms with Crippen molar-refractivity contribution in [3.63, 3.8) is 0 Å². The van der Waals surface area contributed by atoms with Crippen LogP contribution in [0.2, 0.25) is 0 Å². The summed E-state index contributed by atoms with van der Waals surface area (Å²) in [6, 6.07) is 10.8. The van der Waals surface area contributed by atoms with Crippen molar-refractivity contribution >= 4 is 5.97 Å². The summed E-state index contributed by atoms with van der Waals surface area (Å²) in [6.07, 6.45) is 2.07. The topological polar surface area (TPSA) is 67.8 Å². The summed E-state index contributed by atoms with van der Waals surface area (Å²) < 4.78 is 38.6. The van der Waals surface area contributed by atoms with Crippen LogP contribution in [0.15, 0.2) is 36.4 Å². The van der Waals surface area contributed by atoms with Gasteiger partial charge < -0.3 is 19.9 Å². The number of esters is 1. The molecule has 2 aromatic carbocycles. The van der Waals surface area contributed by atoms with Crippen molar-refractivity contribution in [1.29, 1.82) is 0 Å². The fraction of sp³-hybridized carbons (Fsp3) is 0.552. The van der Waals surface area contributed by atoms with Gasteiger partial charge in [-0.05, 0) is 93.7 Å². The Bertz CT molecular complexity index is 1000. The highest BCUT2D eigenvalue weighted by Crippen LogP contribution is 2.32. The molecule has 36 heavy (non-hydrogen) atoms. The Morgan fingerprint density at radius 1 is 1.17 bits per heavy atom. The summed E-state index contributed by atoms with van der Waals surface area (Å²) in [5.74, 6) is -1.77. The maximum absolute atomic E-state index is 14.0. The molecule has 0 aliphatic heterocycles. The van der Waals surface area contributed by atoms with Crippen molar-refractivity contribution < 1.29 is 28.2 Å². The van der Waals surface area contributed by atoms with Gasteiger partial charge in [0.2, 0.25) is 0 Å². The Morgan fingerprint density at radius 3 is 2.44 bits per heavy atom. The summed E-state index contributed by atoms with van der Waals surface area (Å²) in [4.78, 5) is 11.7. The van der Waals surface area contributed by atoms with Crippen LogP contribution in [-0.2, 0) is 33.5 Å². The number of ether oxygens (including phenoxy) is 2. The van der Waals surface area contributed by atoms with Gasteiger partial charge in [0.25, 0.3) is 0 Å². The lowest BCUT2D eigenvalue weighted by Crippen LogP contribution is -2.45. The van der Waals surface area contributed by atoms with Crippen molar-refractivity contribution in [3.8, 4) is 0 Å². The van der Waals surface area contributed by atoms with Gasteiger partial charge >= 0.3 is 5.97 Å². The monoisotopic (exact) mass is 503 g/mol. The highest BCUT2D eigenvalue weighted by molar-refractivity contribution is 5.69. The first-order chi connectivity index (χ1) is 17.1. The van der Waals surface area contributed by atoms with E-state index >= 15 is 0 Å². The third kappa shape index (κ3) is 8.08. The molecule has 5 nitrogen and oxygen atoms in total. The Labute approximate surface area is 213 Å². The fourth-order valence-corrected chi connectivity index (χ4v) is 5.05. The van der Waals surface area contributed by atoms with E-state index in [2.05, 4.69) is 43.4 Å². The Kier molecular flexibility index (Phi) is 10.00. The Balaban J connectivity index is 1.49. The third-order valence-corrected chi connectivity index (χ3v) is 6.81. The highest BCUT2D eigenvalue weighted by atomic mass is 19.2. The first kappa shape index (κ1) is 28.2. The number of hydrogen-bond donors (Lipinski definition) is 2. The van der Waals surface area contributed by atoms with Gasteiger partial charge in [0.05, 0.1) is 25.4 Å². The molecule has 0 saturated heterocycles. The lowest BCUT2D eigenvalue weighted by molar-refractivity contribution is -0.143. The van der Waals surface area contributed by atoms with E-state index in [1.807, 2.05) is 0 Å². The molecule has 7 heteroatoms. The third-order valence-electron chi connectivity index (χ3n) is 6.81. The molecule has 0 heterocycles. The van der Waals surface area contributed by atoms with Gasteiger partial charge in [-0.1, -0.05) is 24.3 Å². The molecule has 1 aliphatic carbocycles. The second-order valence-electron chi connectivity index (χ2n) is 10.4. The first-order valence-corrected chi connectivity index (χ1v) is 12.8. The maximum Gasteiger partial charge on any atom is 0.306 e. The zero-order chi connectivity index (χ0) is 26.3. The number of benzene rings is 2. The molecule has 198 valence electrons. The van der Waals surface area contributed by atoms with Crippen LogP contribution < -0.4 is 5.32 Å². The first-order valence-electron chi connectivity index (χ1n) is 12.8. The molecule has 1 aliphatic rings. The number of aliphatic hydroxyl groups is 1. The van der Waals surface area contributed by atoms with Crippen molar-refractivity contribution in [2.75, 3.05) is 19.8 Å². The van der Waals surface area contributed by atoms with Crippen molar-refractivity contribution in [2.45, 2.75) is 77.5 Å². The largest absolute Gasteiger partial charge is 0.466 e. The number of halogens is 2. The quantitative estimate of drug-likeness (QED) is 0.374. The summed E-state index contributed by atoms with van der Waals surface area (Å²) in [5.41, 5.74) is 3.65.